The van der Waals surface area contributed by atoms with E-state index in [1.165, 1.54) is 6.07 Å². The van der Waals surface area contributed by atoms with Crippen LogP contribution in [0.5, 0.6) is 0 Å². The SMILES string of the molecule is Cc1ccc(NC(=O)C2CC(=O)OC23CCCCC3)cc1[N+](=O)[O-]. The minimum atomic E-state index is -0.698. The molecule has 1 aliphatic carbocycles. The second-order valence-corrected chi connectivity index (χ2v) is 6.60. The van der Waals surface area contributed by atoms with Gasteiger partial charge in [0.05, 0.1) is 17.3 Å². The van der Waals surface area contributed by atoms with Crippen molar-refractivity contribution in [1.82, 2.24) is 0 Å². The Bertz CT molecular complexity index is 694. The molecule has 1 saturated heterocycles. The molecule has 24 heavy (non-hydrogen) atoms. The molecule has 0 aromatic heterocycles. The second-order valence-electron chi connectivity index (χ2n) is 6.60. The van der Waals surface area contributed by atoms with E-state index >= 15 is 0 Å². The van der Waals surface area contributed by atoms with Crippen molar-refractivity contribution in [2.45, 2.75) is 51.0 Å². The smallest absolute Gasteiger partial charge is 0.307 e. The molecule has 3 rings (SSSR count). The first-order valence-electron chi connectivity index (χ1n) is 8.19. The highest BCUT2D eigenvalue weighted by molar-refractivity contribution is 5.97. The minimum Gasteiger partial charge on any atom is -0.458 e. The number of nitrogens with zero attached hydrogens (tertiary/aromatic N) is 1. The fourth-order valence-corrected chi connectivity index (χ4v) is 3.74. The molecule has 7 nitrogen and oxygen atoms in total. The summed E-state index contributed by atoms with van der Waals surface area (Å²) >= 11 is 0. The predicted octanol–water partition coefficient (Wildman–Crippen LogP) is 3.11. The van der Waals surface area contributed by atoms with Crippen LogP contribution in [0, 0.1) is 23.0 Å². The molecular weight excluding hydrogens is 312 g/mol. The molecule has 7 heteroatoms. The molecule has 1 N–H and O–H groups in total. The first-order chi connectivity index (χ1) is 11.4. The van der Waals surface area contributed by atoms with Crippen LogP contribution < -0.4 is 5.32 Å². The Labute approximate surface area is 139 Å². The van der Waals surface area contributed by atoms with Crippen molar-refractivity contribution in [3.8, 4) is 0 Å². The van der Waals surface area contributed by atoms with Crippen LogP contribution in [0.1, 0.15) is 44.1 Å². The highest BCUT2D eigenvalue weighted by Crippen LogP contribution is 2.44. The maximum Gasteiger partial charge on any atom is 0.307 e. The first-order valence-corrected chi connectivity index (χ1v) is 8.19. The van der Waals surface area contributed by atoms with Crippen LogP contribution in [0.4, 0.5) is 11.4 Å². The van der Waals surface area contributed by atoms with Gasteiger partial charge in [0.15, 0.2) is 0 Å². The predicted molar refractivity (Wildman–Crippen MR) is 86.5 cm³/mol. The summed E-state index contributed by atoms with van der Waals surface area (Å²) in [7, 11) is 0. The van der Waals surface area contributed by atoms with E-state index in [1.54, 1.807) is 19.1 Å². The normalized spacial score (nSPS) is 22.2. The van der Waals surface area contributed by atoms with Gasteiger partial charge in [-0.2, -0.15) is 0 Å². The van der Waals surface area contributed by atoms with Crippen molar-refractivity contribution in [2.24, 2.45) is 5.92 Å². The Morgan fingerprint density at radius 1 is 1.33 bits per heavy atom. The highest BCUT2D eigenvalue weighted by atomic mass is 16.6. The molecule has 128 valence electrons. The van der Waals surface area contributed by atoms with E-state index < -0.39 is 16.4 Å². The zero-order chi connectivity index (χ0) is 17.3. The Morgan fingerprint density at radius 3 is 2.71 bits per heavy atom. The molecule has 1 atom stereocenters. The maximum absolute atomic E-state index is 12.7. The molecule has 2 fully saturated rings. The third-order valence-corrected chi connectivity index (χ3v) is 5.01. The number of carbonyl (C=O) groups excluding carboxylic acids is 2. The van der Waals surface area contributed by atoms with Gasteiger partial charge >= 0.3 is 5.97 Å². The van der Waals surface area contributed by atoms with Crippen LogP contribution in [0.15, 0.2) is 18.2 Å². The number of ether oxygens (including phenoxy) is 1. The summed E-state index contributed by atoms with van der Waals surface area (Å²) in [5, 5.41) is 13.8. The van der Waals surface area contributed by atoms with Gasteiger partial charge in [-0.05, 0) is 38.7 Å². The number of amides is 1. The summed E-state index contributed by atoms with van der Waals surface area (Å²) in [6.07, 6.45) is 4.42. The number of anilines is 1. The fourth-order valence-electron chi connectivity index (χ4n) is 3.74. The lowest BCUT2D eigenvalue weighted by molar-refractivity contribution is -0.385. The Balaban J connectivity index is 1.80. The summed E-state index contributed by atoms with van der Waals surface area (Å²) in [6, 6.07) is 4.57. The Kier molecular flexibility index (Phi) is 4.26. The molecule has 1 saturated carbocycles. The van der Waals surface area contributed by atoms with Crippen molar-refractivity contribution in [3.05, 3.63) is 33.9 Å². The van der Waals surface area contributed by atoms with E-state index in [9.17, 15) is 19.7 Å². The number of hydrogen-bond acceptors (Lipinski definition) is 5. The van der Waals surface area contributed by atoms with Crippen LogP contribution in [0.3, 0.4) is 0 Å². The molecule has 1 aliphatic heterocycles. The van der Waals surface area contributed by atoms with Crippen LogP contribution in [-0.2, 0) is 14.3 Å². The van der Waals surface area contributed by atoms with E-state index in [0.717, 1.165) is 19.3 Å². The average molecular weight is 332 g/mol. The molecule has 1 spiro atoms. The van der Waals surface area contributed by atoms with Crippen LogP contribution in [0.25, 0.3) is 0 Å². The lowest BCUT2D eigenvalue weighted by Gasteiger charge is -2.36. The molecule has 0 radical (unpaired) electrons. The van der Waals surface area contributed by atoms with Gasteiger partial charge in [0.1, 0.15) is 5.60 Å². The standard InChI is InChI=1S/C17H20N2O5/c1-11-5-6-12(9-14(11)19(22)23)18-16(21)13-10-15(20)24-17(13)7-3-2-4-8-17/h5-6,9,13H,2-4,7-8,10H2,1H3,(H,18,21). The van der Waals surface area contributed by atoms with E-state index in [2.05, 4.69) is 5.32 Å². The van der Waals surface area contributed by atoms with E-state index in [0.29, 0.717) is 24.1 Å². The maximum atomic E-state index is 12.7. The van der Waals surface area contributed by atoms with Gasteiger partial charge in [-0.3, -0.25) is 19.7 Å². The summed E-state index contributed by atoms with van der Waals surface area (Å²) in [6.45, 7) is 1.64. The van der Waals surface area contributed by atoms with Gasteiger partial charge in [0.25, 0.3) is 5.69 Å². The number of esters is 1. The molecule has 1 aromatic carbocycles. The number of rotatable bonds is 3. The van der Waals surface area contributed by atoms with E-state index in [4.69, 9.17) is 4.74 Å². The lowest BCUT2D eigenvalue weighted by atomic mass is 9.75. The molecule has 2 aliphatic rings. The van der Waals surface area contributed by atoms with Crippen molar-refractivity contribution in [1.29, 1.82) is 0 Å². The highest BCUT2D eigenvalue weighted by Gasteiger charge is 2.52. The molecule has 0 bridgehead atoms. The number of nitro benzene ring substituents is 1. The third-order valence-electron chi connectivity index (χ3n) is 5.01. The zero-order valence-electron chi connectivity index (χ0n) is 13.5. The van der Waals surface area contributed by atoms with Crippen LogP contribution >= 0.6 is 0 Å². The van der Waals surface area contributed by atoms with Gasteiger partial charge in [0, 0.05) is 17.3 Å². The largest absolute Gasteiger partial charge is 0.458 e. The zero-order valence-corrected chi connectivity index (χ0v) is 13.5. The molecular formula is C17H20N2O5. The van der Waals surface area contributed by atoms with E-state index in [1.807, 2.05) is 0 Å². The number of nitrogens with one attached hydrogen (secondary N) is 1. The van der Waals surface area contributed by atoms with Gasteiger partial charge in [0.2, 0.25) is 5.91 Å². The van der Waals surface area contributed by atoms with E-state index in [-0.39, 0.29) is 24.0 Å². The quantitative estimate of drug-likeness (QED) is 0.521. The second kappa shape index (κ2) is 6.22. The van der Waals surface area contributed by atoms with Crippen LogP contribution in [0.2, 0.25) is 0 Å². The number of carbonyl (C=O) groups is 2. The summed E-state index contributed by atoms with van der Waals surface area (Å²) in [4.78, 5) is 35.0. The fraction of sp³-hybridized carbons (Fsp3) is 0.529. The topological polar surface area (TPSA) is 98.5 Å². The van der Waals surface area contributed by atoms with Gasteiger partial charge in [-0.1, -0.05) is 12.5 Å². The molecule has 1 aromatic rings. The monoisotopic (exact) mass is 332 g/mol. The Hall–Kier alpha value is -2.44. The number of hydrogen-bond donors (Lipinski definition) is 1. The molecule has 1 amide bonds. The Morgan fingerprint density at radius 2 is 2.04 bits per heavy atom. The van der Waals surface area contributed by atoms with Crippen molar-refractivity contribution in [3.63, 3.8) is 0 Å². The van der Waals surface area contributed by atoms with Crippen LogP contribution in [-0.4, -0.2) is 22.4 Å². The number of aryl methyl sites for hydroxylation is 1. The van der Waals surface area contributed by atoms with Gasteiger partial charge < -0.3 is 10.1 Å². The van der Waals surface area contributed by atoms with Gasteiger partial charge in [-0.25, -0.2) is 0 Å². The van der Waals surface area contributed by atoms with Gasteiger partial charge in [-0.15, -0.1) is 0 Å². The summed E-state index contributed by atoms with van der Waals surface area (Å²) < 4.78 is 5.53. The molecule has 1 unspecified atom stereocenters. The van der Waals surface area contributed by atoms with Crippen molar-refractivity contribution < 1.29 is 19.2 Å². The first kappa shape index (κ1) is 16.4. The summed E-state index contributed by atoms with van der Waals surface area (Å²) in [5.41, 5.74) is 0.151. The molecule has 1 heterocycles. The van der Waals surface area contributed by atoms with Crippen molar-refractivity contribution in [2.75, 3.05) is 5.32 Å². The van der Waals surface area contributed by atoms with Crippen molar-refractivity contribution >= 4 is 23.3 Å². The number of benzene rings is 1. The minimum absolute atomic E-state index is 0.0427. The third kappa shape index (κ3) is 2.98. The summed E-state index contributed by atoms with van der Waals surface area (Å²) in [5.74, 6) is -1.18. The number of nitro groups is 1. The average Bonchev–Trinajstić information content (AvgIpc) is 2.85. The lowest BCUT2D eigenvalue weighted by Crippen LogP contribution is -2.43.